The zero-order valence-electron chi connectivity index (χ0n) is 9.48. The van der Waals surface area contributed by atoms with Gasteiger partial charge in [0.1, 0.15) is 0 Å². The highest BCUT2D eigenvalue weighted by Gasteiger charge is 2.25. The molecule has 1 aliphatic heterocycles. The second-order valence-electron chi connectivity index (χ2n) is 4.52. The van der Waals surface area contributed by atoms with E-state index >= 15 is 0 Å². The molecule has 0 bridgehead atoms. The highest BCUT2D eigenvalue weighted by atomic mass is 15.2. The van der Waals surface area contributed by atoms with Crippen LogP contribution in [0.1, 0.15) is 18.9 Å². The van der Waals surface area contributed by atoms with E-state index in [1.807, 2.05) is 12.4 Å². The number of rotatable bonds is 2. The van der Waals surface area contributed by atoms with Gasteiger partial charge in [-0.05, 0) is 37.8 Å². The monoisotopic (exact) mass is 205 g/mol. The summed E-state index contributed by atoms with van der Waals surface area (Å²) in [7, 11) is 0. The summed E-state index contributed by atoms with van der Waals surface area (Å²) in [6.45, 7) is 6.43. The average molecular weight is 205 g/mol. The maximum Gasteiger partial charge on any atom is 0.0426 e. The Kier molecular flexibility index (Phi) is 2.91. The Morgan fingerprint density at radius 2 is 2.40 bits per heavy atom. The molecule has 0 spiro atoms. The van der Waals surface area contributed by atoms with E-state index in [9.17, 15) is 0 Å². The molecule has 1 aliphatic rings. The molecule has 3 nitrogen and oxygen atoms in total. The number of hydrogen-bond donors (Lipinski definition) is 1. The Bertz CT molecular complexity index is 335. The molecule has 2 heterocycles. The molecule has 15 heavy (non-hydrogen) atoms. The molecule has 82 valence electrons. The van der Waals surface area contributed by atoms with Crippen LogP contribution in [0.2, 0.25) is 0 Å². The third kappa shape index (κ3) is 2.12. The maximum absolute atomic E-state index is 5.94. The smallest absolute Gasteiger partial charge is 0.0426 e. The third-order valence-electron chi connectivity index (χ3n) is 3.30. The molecule has 2 rings (SSSR count). The van der Waals surface area contributed by atoms with Crippen LogP contribution in [0.15, 0.2) is 18.5 Å². The normalized spacial score (nSPS) is 23.1. The first-order valence-corrected chi connectivity index (χ1v) is 5.59. The summed E-state index contributed by atoms with van der Waals surface area (Å²) < 4.78 is 0. The van der Waals surface area contributed by atoms with Crippen LogP contribution < -0.4 is 10.6 Å². The van der Waals surface area contributed by atoms with Crippen LogP contribution in [0.3, 0.4) is 0 Å². The molecule has 2 unspecified atom stereocenters. The zero-order chi connectivity index (χ0) is 10.8. The van der Waals surface area contributed by atoms with Crippen LogP contribution in [0.25, 0.3) is 0 Å². The predicted molar refractivity (Wildman–Crippen MR) is 62.9 cm³/mol. The van der Waals surface area contributed by atoms with Gasteiger partial charge in [-0.15, -0.1) is 0 Å². The van der Waals surface area contributed by atoms with Crippen LogP contribution in [-0.4, -0.2) is 24.1 Å². The van der Waals surface area contributed by atoms with E-state index in [-0.39, 0.29) is 0 Å². The van der Waals surface area contributed by atoms with E-state index in [4.69, 9.17) is 5.73 Å². The highest BCUT2D eigenvalue weighted by molar-refractivity contribution is 5.52. The van der Waals surface area contributed by atoms with Crippen LogP contribution in [0.5, 0.6) is 0 Å². The summed E-state index contributed by atoms with van der Waals surface area (Å²) >= 11 is 0. The molecule has 1 fully saturated rings. The van der Waals surface area contributed by atoms with Crippen molar-refractivity contribution in [3.8, 4) is 0 Å². The second-order valence-corrected chi connectivity index (χ2v) is 4.52. The molecule has 0 aliphatic carbocycles. The second kappa shape index (κ2) is 4.19. The molecule has 0 radical (unpaired) electrons. The summed E-state index contributed by atoms with van der Waals surface area (Å²) in [6, 6.07) is 2.40. The fourth-order valence-corrected chi connectivity index (χ4v) is 2.26. The Morgan fingerprint density at radius 1 is 1.60 bits per heavy atom. The lowest BCUT2D eigenvalue weighted by Crippen LogP contribution is -2.29. The SMILES string of the molecule is Cc1cnccc1N1CCC(C(C)N)C1. The minimum Gasteiger partial charge on any atom is -0.371 e. The Balaban J connectivity index is 2.11. The number of aryl methyl sites for hydroxylation is 1. The third-order valence-corrected chi connectivity index (χ3v) is 3.30. The summed E-state index contributed by atoms with van der Waals surface area (Å²) in [6.07, 6.45) is 5.00. The molecule has 2 atom stereocenters. The number of nitrogens with zero attached hydrogens (tertiary/aromatic N) is 2. The number of aromatic nitrogens is 1. The van der Waals surface area contributed by atoms with Crippen molar-refractivity contribution < 1.29 is 0 Å². The predicted octanol–water partition coefficient (Wildman–Crippen LogP) is 1.56. The van der Waals surface area contributed by atoms with E-state index in [1.54, 1.807) is 0 Å². The van der Waals surface area contributed by atoms with Gasteiger partial charge < -0.3 is 10.6 Å². The molecule has 2 N–H and O–H groups in total. The summed E-state index contributed by atoms with van der Waals surface area (Å²) in [5, 5.41) is 0. The van der Waals surface area contributed by atoms with Crippen LogP contribution in [-0.2, 0) is 0 Å². The molecule has 0 aromatic carbocycles. The quantitative estimate of drug-likeness (QED) is 0.796. The Morgan fingerprint density at radius 3 is 3.00 bits per heavy atom. The summed E-state index contributed by atoms with van der Waals surface area (Å²) in [5.41, 5.74) is 8.50. The van der Waals surface area contributed by atoms with Gasteiger partial charge in [0, 0.05) is 37.2 Å². The van der Waals surface area contributed by atoms with E-state index in [2.05, 4.69) is 29.8 Å². The van der Waals surface area contributed by atoms with Crippen molar-refractivity contribution in [3.05, 3.63) is 24.0 Å². The molecular weight excluding hydrogens is 186 g/mol. The first-order valence-electron chi connectivity index (χ1n) is 5.59. The molecule has 0 saturated carbocycles. The van der Waals surface area contributed by atoms with Gasteiger partial charge in [-0.1, -0.05) is 0 Å². The molecule has 3 heteroatoms. The minimum atomic E-state index is 0.303. The Hall–Kier alpha value is -1.09. The van der Waals surface area contributed by atoms with Gasteiger partial charge in [-0.2, -0.15) is 0 Å². The van der Waals surface area contributed by atoms with Gasteiger partial charge in [-0.3, -0.25) is 4.98 Å². The van der Waals surface area contributed by atoms with Crippen molar-refractivity contribution in [3.63, 3.8) is 0 Å². The van der Waals surface area contributed by atoms with Gasteiger partial charge in [0.2, 0.25) is 0 Å². The van der Waals surface area contributed by atoms with Crippen molar-refractivity contribution >= 4 is 5.69 Å². The fourth-order valence-electron chi connectivity index (χ4n) is 2.26. The molecule has 1 aromatic heterocycles. The fraction of sp³-hybridized carbons (Fsp3) is 0.583. The van der Waals surface area contributed by atoms with E-state index < -0.39 is 0 Å². The lowest BCUT2D eigenvalue weighted by Gasteiger charge is -2.21. The Labute approximate surface area is 91.3 Å². The lowest BCUT2D eigenvalue weighted by molar-refractivity contribution is 0.488. The average Bonchev–Trinajstić information content (AvgIpc) is 2.67. The zero-order valence-corrected chi connectivity index (χ0v) is 9.48. The summed E-state index contributed by atoms with van der Waals surface area (Å²) in [5.74, 6) is 0.637. The van der Waals surface area contributed by atoms with Crippen LogP contribution in [0.4, 0.5) is 5.69 Å². The maximum atomic E-state index is 5.94. The lowest BCUT2D eigenvalue weighted by atomic mass is 10.0. The summed E-state index contributed by atoms with van der Waals surface area (Å²) in [4.78, 5) is 6.54. The standard InChI is InChI=1S/C12H19N3/c1-9-7-14-5-3-12(9)15-6-4-11(8-15)10(2)13/h3,5,7,10-11H,4,6,8,13H2,1-2H3. The topological polar surface area (TPSA) is 42.2 Å². The van der Waals surface area contributed by atoms with Crippen molar-refractivity contribution in [1.82, 2.24) is 4.98 Å². The van der Waals surface area contributed by atoms with E-state index in [1.165, 1.54) is 17.7 Å². The number of pyridine rings is 1. The number of anilines is 1. The van der Waals surface area contributed by atoms with Gasteiger partial charge in [0.15, 0.2) is 0 Å². The number of hydrogen-bond acceptors (Lipinski definition) is 3. The van der Waals surface area contributed by atoms with E-state index in [0.717, 1.165) is 13.1 Å². The van der Waals surface area contributed by atoms with Crippen molar-refractivity contribution in [2.24, 2.45) is 11.7 Å². The first-order chi connectivity index (χ1) is 7.18. The van der Waals surface area contributed by atoms with Crippen molar-refractivity contribution in [1.29, 1.82) is 0 Å². The first kappa shape index (κ1) is 10.4. The van der Waals surface area contributed by atoms with E-state index in [0.29, 0.717) is 12.0 Å². The molecule has 1 saturated heterocycles. The van der Waals surface area contributed by atoms with Crippen molar-refractivity contribution in [2.45, 2.75) is 26.3 Å². The van der Waals surface area contributed by atoms with Gasteiger partial charge >= 0.3 is 0 Å². The molecular formula is C12H19N3. The highest BCUT2D eigenvalue weighted by Crippen LogP contribution is 2.26. The molecule has 1 aromatic rings. The van der Waals surface area contributed by atoms with Gasteiger partial charge in [0.25, 0.3) is 0 Å². The van der Waals surface area contributed by atoms with Crippen molar-refractivity contribution in [2.75, 3.05) is 18.0 Å². The minimum absolute atomic E-state index is 0.303. The molecule has 0 amide bonds. The number of nitrogens with two attached hydrogens (primary N) is 1. The van der Waals surface area contributed by atoms with Gasteiger partial charge in [0.05, 0.1) is 0 Å². The largest absolute Gasteiger partial charge is 0.371 e. The van der Waals surface area contributed by atoms with Crippen LogP contribution >= 0.6 is 0 Å². The van der Waals surface area contributed by atoms with Crippen LogP contribution in [0, 0.1) is 12.8 Å². The van der Waals surface area contributed by atoms with Gasteiger partial charge in [-0.25, -0.2) is 0 Å².